The number of aliphatic imine (C=N–C) groups is 1. The Morgan fingerprint density at radius 2 is 2.27 bits per heavy atom. The van der Waals surface area contributed by atoms with Crippen LogP contribution in [0.5, 0.6) is 0 Å². The Labute approximate surface area is 152 Å². The lowest BCUT2D eigenvalue weighted by molar-refractivity contribution is 0.0972. The smallest absolute Gasteiger partial charge is 0.284 e. The Kier molecular flexibility index (Phi) is 8.08. The van der Waals surface area contributed by atoms with Gasteiger partial charge in [0.25, 0.3) is 5.91 Å². The Morgan fingerprint density at radius 1 is 1.50 bits per heavy atom. The summed E-state index contributed by atoms with van der Waals surface area (Å²) in [5.41, 5.74) is 5.15. The van der Waals surface area contributed by atoms with Gasteiger partial charge in [-0.25, -0.2) is 0 Å². The van der Waals surface area contributed by atoms with Crippen LogP contribution in [0.2, 0.25) is 0 Å². The van der Waals surface area contributed by atoms with Crippen molar-refractivity contribution in [2.75, 3.05) is 13.3 Å². The summed E-state index contributed by atoms with van der Waals surface area (Å²) in [7, 11) is 1.74. The quantitative estimate of drug-likeness (QED) is 0.371. The molecule has 0 radical (unpaired) electrons. The molecule has 2 atom stereocenters. The van der Waals surface area contributed by atoms with Gasteiger partial charge in [-0.2, -0.15) is 11.8 Å². The lowest BCUT2D eigenvalue weighted by Gasteiger charge is -2.16. The van der Waals surface area contributed by atoms with Crippen LogP contribution in [0, 0.1) is 0 Å². The lowest BCUT2D eigenvalue weighted by Crippen LogP contribution is -2.42. The molecule has 1 fully saturated rings. The zero-order chi connectivity index (χ0) is 15.2. The summed E-state index contributed by atoms with van der Waals surface area (Å²) >= 11 is 1.93. The number of hydrogen-bond acceptors (Lipinski definition) is 4. The van der Waals surface area contributed by atoms with E-state index in [2.05, 4.69) is 21.9 Å². The number of amides is 1. The van der Waals surface area contributed by atoms with E-state index < -0.39 is 5.91 Å². The van der Waals surface area contributed by atoms with Gasteiger partial charge in [0.05, 0.1) is 6.54 Å². The first-order valence-corrected chi connectivity index (χ1v) is 8.29. The van der Waals surface area contributed by atoms with E-state index in [0.29, 0.717) is 18.3 Å². The van der Waals surface area contributed by atoms with Gasteiger partial charge >= 0.3 is 0 Å². The molecule has 1 saturated carbocycles. The zero-order valence-electron chi connectivity index (χ0n) is 12.8. The number of furan rings is 1. The van der Waals surface area contributed by atoms with Crippen LogP contribution in [-0.4, -0.2) is 36.5 Å². The highest BCUT2D eigenvalue weighted by atomic mass is 127. The number of hydrogen-bond donors (Lipinski definition) is 3. The van der Waals surface area contributed by atoms with E-state index in [4.69, 9.17) is 10.2 Å². The molecule has 124 valence electrons. The molecule has 0 bridgehead atoms. The van der Waals surface area contributed by atoms with Gasteiger partial charge in [-0.05, 0) is 37.7 Å². The number of halogens is 1. The molecular weight excluding hydrogens is 415 g/mol. The Bertz CT molecular complexity index is 521. The fraction of sp³-hybridized carbons (Fsp3) is 0.571. The maximum absolute atomic E-state index is 11.0. The third kappa shape index (κ3) is 5.38. The summed E-state index contributed by atoms with van der Waals surface area (Å²) in [5.74, 6) is 1.02. The van der Waals surface area contributed by atoms with Crippen LogP contribution in [0.1, 0.15) is 35.6 Å². The van der Waals surface area contributed by atoms with Crippen LogP contribution < -0.4 is 16.4 Å². The fourth-order valence-corrected chi connectivity index (χ4v) is 3.25. The topological polar surface area (TPSA) is 92.6 Å². The van der Waals surface area contributed by atoms with Crippen molar-refractivity contribution in [2.24, 2.45) is 10.7 Å². The minimum absolute atomic E-state index is 0. The number of rotatable bonds is 5. The first-order chi connectivity index (χ1) is 10.1. The number of primary amides is 1. The van der Waals surface area contributed by atoms with Crippen LogP contribution >= 0.6 is 35.7 Å². The molecule has 1 aliphatic rings. The van der Waals surface area contributed by atoms with Gasteiger partial charge in [-0.1, -0.05) is 0 Å². The van der Waals surface area contributed by atoms with E-state index in [9.17, 15) is 4.79 Å². The van der Waals surface area contributed by atoms with E-state index in [1.807, 2.05) is 11.8 Å². The van der Waals surface area contributed by atoms with Crippen LogP contribution in [-0.2, 0) is 6.54 Å². The second-order valence-corrected chi connectivity index (χ2v) is 6.21. The average Bonchev–Trinajstić information content (AvgIpc) is 3.12. The molecule has 0 aromatic carbocycles. The monoisotopic (exact) mass is 438 g/mol. The van der Waals surface area contributed by atoms with Gasteiger partial charge in [-0.3, -0.25) is 9.79 Å². The highest BCUT2D eigenvalue weighted by Crippen LogP contribution is 2.27. The van der Waals surface area contributed by atoms with Crippen molar-refractivity contribution in [1.29, 1.82) is 0 Å². The number of nitrogens with two attached hydrogens (primary N) is 1. The largest absolute Gasteiger partial charge is 0.454 e. The minimum atomic E-state index is -0.558. The van der Waals surface area contributed by atoms with Crippen LogP contribution in [0.15, 0.2) is 21.5 Å². The molecule has 1 heterocycles. The molecule has 0 aliphatic heterocycles. The predicted molar refractivity (Wildman–Crippen MR) is 101 cm³/mol. The normalized spacial score (nSPS) is 21.3. The maximum Gasteiger partial charge on any atom is 0.284 e. The highest BCUT2D eigenvalue weighted by molar-refractivity contribution is 14.0. The zero-order valence-corrected chi connectivity index (χ0v) is 15.9. The molecule has 2 unspecified atom stereocenters. The third-order valence-electron chi connectivity index (χ3n) is 3.62. The van der Waals surface area contributed by atoms with Gasteiger partial charge in [-0.15, -0.1) is 24.0 Å². The maximum atomic E-state index is 11.0. The van der Waals surface area contributed by atoms with Gasteiger partial charge in [0.15, 0.2) is 11.7 Å². The third-order valence-corrected chi connectivity index (χ3v) is 4.71. The van der Waals surface area contributed by atoms with E-state index in [1.165, 1.54) is 12.8 Å². The molecule has 2 rings (SSSR count). The van der Waals surface area contributed by atoms with Crippen LogP contribution in [0.4, 0.5) is 0 Å². The summed E-state index contributed by atoms with van der Waals surface area (Å²) in [6, 6.07) is 3.78. The van der Waals surface area contributed by atoms with Crippen molar-refractivity contribution in [3.8, 4) is 0 Å². The number of guanidine groups is 1. The molecule has 22 heavy (non-hydrogen) atoms. The Hall–Kier alpha value is -0.900. The molecule has 0 spiro atoms. The molecule has 8 heteroatoms. The average molecular weight is 438 g/mol. The summed E-state index contributed by atoms with van der Waals surface area (Å²) in [6.45, 7) is 0.464. The number of nitrogens with one attached hydrogen (secondary N) is 2. The van der Waals surface area contributed by atoms with E-state index in [0.717, 1.165) is 17.6 Å². The second-order valence-electron chi connectivity index (χ2n) is 5.07. The van der Waals surface area contributed by atoms with Gasteiger partial charge < -0.3 is 20.8 Å². The standard InChI is InChI=1S/C14H22N4O2S.HI/c1-16-14(18-9-3-5-11(7-9)21-2)17-8-10-4-6-12(20-10)13(15)19;/h4,6,9,11H,3,5,7-8H2,1-2H3,(H2,15,19)(H2,16,17,18);1H. The summed E-state index contributed by atoms with van der Waals surface area (Å²) in [4.78, 5) is 15.2. The predicted octanol–water partition coefficient (Wildman–Crippen LogP) is 1.95. The molecule has 6 nitrogen and oxygen atoms in total. The van der Waals surface area contributed by atoms with Crippen LogP contribution in [0.3, 0.4) is 0 Å². The van der Waals surface area contributed by atoms with Crippen molar-refractivity contribution in [2.45, 2.75) is 37.1 Å². The first-order valence-electron chi connectivity index (χ1n) is 7.01. The molecule has 1 amide bonds. The first kappa shape index (κ1) is 19.1. The Balaban J connectivity index is 0.00000242. The van der Waals surface area contributed by atoms with Gasteiger partial charge in [0.1, 0.15) is 5.76 Å². The van der Waals surface area contributed by atoms with Crippen molar-refractivity contribution >= 4 is 47.6 Å². The number of thioether (sulfide) groups is 1. The highest BCUT2D eigenvalue weighted by Gasteiger charge is 2.24. The molecule has 1 aromatic heterocycles. The van der Waals surface area contributed by atoms with Gasteiger partial charge in [0, 0.05) is 18.3 Å². The molecule has 0 saturated heterocycles. The molecule has 4 N–H and O–H groups in total. The van der Waals surface area contributed by atoms with E-state index >= 15 is 0 Å². The van der Waals surface area contributed by atoms with E-state index in [1.54, 1.807) is 19.2 Å². The Morgan fingerprint density at radius 3 is 2.82 bits per heavy atom. The fourth-order valence-electron chi connectivity index (χ4n) is 2.45. The molecule has 1 aromatic rings. The molecular formula is C14H23IN4O2S. The SMILES string of the molecule is CN=C(NCc1ccc(C(N)=O)o1)NC1CCC(SC)C1.I. The summed E-state index contributed by atoms with van der Waals surface area (Å²) in [5, 5.41) is 7.35. The van der Waals surface area contributed by atoms with Crippen molar-refractivity contribution in [3.05, 3.63) is 23.7 Å². The summed E-state index contributed by atoms with van der Waals surface area (Å²) < 4.78 is 5.32. The van der Waals surface area contributed by atoms with Crippen molar-refractivity contribution < 1.29 is 9.21 Å². The molecule has 1 aliphatic carbocycles. The van der Waals surface area contributed by atoms with Crippen molar-refractivity contribution in [1.82, 2.24) is 10.6 Å². The lowest BCUT2D eigenvalue weighted by atomic mass is 10.2. The van der Waals surface area contributed by atoms with Crippen LogP contribution in [0.25, 0.3) is 0 Å². The van der Waals surface area contributed by atoms with E-state index in [-0.39, 0.29) is 29.7 Å². The number of nitrogens with zero attached hydrogens (tertiary/aromatic N) is 1. The minimum Gasteiger partial charge on any atom is -0.454 e. The van der Waals surface area contributed by atoms with Crippen molar-refractivity contribution in [3.63, 3.8) is 0 Å². The second kappa shape index (κ2) is 9.29. The van der Waals surface area contributed by atoms with Gasteiger partial charge in [0.2, 0.25) is 0 Å². The summed E-state index contributed by atoms with van der Waals surface area (Å²) in [6.07, 6.45) is 5.73. The number of carbonyl (C=O) groups excluding carboxylic acids is 1. The number of carbonyl (C=O) groups is 1.